The smallest absolute Gasteiger partial charge is 0.320 e. The van der Waals surface area contributed by atoms with E-state index >= 15 is 0 Å². The predicted octanol–water partition coefficient (Wildman–Crippen LogP) is 1.05. The highest BCUT2D eigenvalue weighted by atomic mass is 16.4. The van der Waals surface area contributed by atoms with Crippen LogP contribution in [0.1, 0.15) is 47.0 Å². The second kappa shape index (κ2) is 7.74. The molecule has 6 nitrogen and oxygen atoms in total. The second-order valence-corrected chi connectivity index (χ2v) is 6.29. The fourth-order valence-corrected chi connectivity index (χ4v) is 3.32. The molecular formula is C16H28N2O4. The van der Waals surface area contributed by atoms with Gasteiger partial charge in [0.2, 0.25) is 5.91 Å². The van der Waals surface area contributed by atoms with Crippen molar-refractivity contribution in [1.82, 2.24) is 10.6 Å². The number of carbonyl (C=O) groups is 2. The fourth-order valence-electron chi connectivity index (χ4n) is 3.32. The molecule has 0 radical (unpaired) electrons. The zero-order valence-electron chi connectivity index (χ0n) is 13.8. The quantitative estimate of drug-likeness (QED) is 0.527. The zero-order valence-corrected chi connectivity index (χ0v) is 13.8. The van der Waals surface area contributed by atoms with Gasteiger partial charge in [-0.2, -0.15) is 0 Å². The molecule has 0 aliphatic carbocycles. The molecule has 1 saturated heterocycles. The van der Waals surface area contributed by atoms with Gasteiger partial charge in [-0.3, -0.25) is 14.9 Å². The van der Waals surface area contributed by atoms with Gasteiger partial charge in [-0.25, -0.2) is 0 Å². The molecule has 5 atom stereocenters. The Morgan fingerprint density at radius 2 is 2.14 bits per heavy atom. The number of carboxylic acids is 1. The molecule has 0 saturated carbocycles. The molecule has 1 fully saturated rings. The van der Waals surface area contributed by atoms with Crippen molar-refractivity contribution in [2.24, 2.45) is 5.92 Å². The van der Waals surface area contributed by atoms with E-state index in [9.17, 15) is 19.8 Å². The van der Waals surface area contributed by atoms with Crippen LogP contribution in [0.3, 0.4) is 0 Å². The summed E-state index contributed by atoms with van der Waals surface area (Å²) in [6, 6.07) is -1.53. The van der Waals surface area contributed by atoms with Crippen molar-refractivity contribution in [1.29, 1.82) is 0 Å². The molecule has 0 unspecified atom stereocenters. The fraction of sp³-hybridized carbons (Fsp3) is 0.750. The molecule has 22 heavy (non-hydrogen) atoms. The topological polar surface area (TPSA) is 98.7 Å². The largest absolute Gasteiger partial charge is 0.480 e. The standard InChI is InChI=1S/C16H28N2O4/c1-5-7-11-9-12(15(20)21)18-13(11)14(17-10(3)19)16(4,22)8-6-2/h5,7,11-14,18,22H,6,8-9H2,1-4H3,(H,17,19)(H,20,21)/b7-5-/t11-,12-,13-,14-,16+/m1/s1. The molecule has 0 spiro atoms. The van der Waals surface area contributed by atoms with Gasteiger partial charge in [0, 0.05) is 13.0 Å². The number of hydrogen-bond donors (Lipinski definition) is 4. The summed E-state index contributed by atoms with van der Waals surface area (Å²) in [6.45, 7) is 6.94. The lowest BCUT2D eigenvalue weighted by atomic mass is 9.81. The van der Waals surface area contributed by atoms with Crippen molar-refractivity contribution in [2.45, 2.75) is 70.7 Å². The van der Waals surface area contributed by atoms with Gasteiger partial charge in [0.15, 0.2) is 0 Å². The van der Waals surface area contributed by atoms with Gasteiger partial charge in [0.25, 0.3) is 0 Å². The van der Waals surface area contributed by atoms with E-state index in [2.05, 4.69) is 10.6 Å². The number of nitrogens with one attached hydrogen (secondary N) is 2. The number of rotatable bonds is 7. The first-order valence-electron chi connectivity index (χ1n) is 7.84. The monoisotopic (exact) mass is 312 g/mol. The van der Waals surface area contributed by atoms with Gasteiger partial charge in [0.1, 0.15) is 6.04 Å². The zero-order chi connectivity index (χ0) is 16.9. The van der Waals surface area contributed by atoms with Crippen LogP contribution in [0.2, 0.25) is 0 Å². The lowest BCUT2D eigenvalue weighted by molar-refractivity contribution is -0.139. The Hall–Kier alpha value is -1.40. The molecule has 1 heterocycles. The van der Waals surface area contributed by atoms with Crippen LogP contribution in [0, 0.1) is 5.92 Å². The highest BCUT2D eigenvalue weighted by Gasteiger charge is 2.46. The van der Waals surface area contributed by atoms with E-state index in [-0.39, 0.29) is 17.9 Å². The van der Waals surface area contributed by atoms with Gasteiger partial charge < -0.3 is 15.5 Å². The SMILES string of the molecule is C/C=C\[C@@H]1C[C@H](C(=O)O)N[C@H]1[C@@H](NC(C)=O)[C@@](C)(O)CCC. The Labute approximate surface area is 132 Å². The van der Waals surface area contributed by atoms with E-state index in [4.69, 9.17) is 0 Å². The first-order chi connectivity index (χ1) is 10.2. The van der Waals surface area contributed by atoms with Gasteiger partial charge in [-0.05, 0) is 32.6 Å². The van der Waals surface area contributed by atoms with E-state index in [0.29, 0.717) is 12.8 Å². The summed E-state index contributed by atoms with van der Waals surface area (Å²) in [6.07, 6.45) is 5.56. The molecule has 0 aromatic heterocycles. The van der Waals surface area contributed by atoms with E-state index in [1.165, 1.54) is 6.92 Å². The van der Waals surface area contributed by atoms with Crippen molar-refractivity contribution in [3.63, 3.8) is 0 Å². The van der Waals surface area contributed by atoms with Crippen LogP contribution < -0.4 is 10.6 Å². The maximum atomic E-state index is 11.6. The molecule has 0 aromatic carbocycles. The Morgan fingerprint density at radius 3 is 2.59 bits per heavy atom. The number of aliphatic carboxylic acids is 1. The van der Waals surface area contributed by atoms with Crippen LogP contribution in [-0.2, 0) is 9.59 Å². The third-order valence-electron chi connectivity index (χ3n) is 4.24. The number of hydrogen-bond acceptors (Lipinski definition) is 4. The van der Waals surface area contributed by atoms with Crippen molar-refractivity contribution in [3.05, 3.63) is 12.2 Å². The number of allylic oxidation sites excluding steroid dienone is 1. The van der Waals surface area contributed by atoms with Crippen LogP contribution in [0.5, 0.6) is 0 Å². The summed E-state index contributed by atoms with van der Waals surface area (Å²) in [7, 11) is 0. The third kappa shape index (κ3) is 4.55. The summed E-state index contributed by atoms with van der Waals surface area (Å²) in [4.78, 5) is 22.8. The predicted molar refractivity (Wildman–Crippen MR) is 84.4 cm³/mol. The number of carbonyl (C=O) groups excluding carboxylic acids is 1. The van der Waals surface area contributed by atoms with Gasteiger partial charge in [-0.1, -0.05) is 25.5 Å². The number of amides is 1. The average Bonchev–Trinajstić information content (AvgIpc) is 2.80. The van der Waals surface area contributed by atoms with Gasteiger partial charge in [0.05, 0.1) is 11.6 Å². The summed E-state index contributed by atoms with van der Waals surface area (Å²) in [5.74, 6) is -1.19. The molecule has 4 N–H and O–H groups in total. The van der Waals surface area contributed by atoms with E-state index in [1.54, 1.807) is 6.92 Å². The molecule has 1 aliphatic rings. The Morgan fingerprint density at radius 1 is 1.50 bits per heavy atom. The van der Waals surface area contributed by atoms with Crippen LogP contribution in [0.15, 0.2) is 12.2 Å². The Balaban J connectivity index is 3.09. The normalized spacial score (nSPS) is 29.2. The number of carboxylic acid groups (broad SMARTS) is 1. The minimum Gasteiger partial charge on any atom is -0.480 e. The first kappa shape index (κ1) is 18.6. The highest BCUT2D eigenvalue weighted by molar-refractivity contribution is 5.75. The van der Waals surface area contributed by atoms with Crippen molar-refractivity contribution < 1.29 is 19.8 Å². The first-order valence-corrected chi connectivity index (χ1v) is 7.84. The Kier molecular flexibility index (Phi) is 6.56. The van der Waals surface area contributed by atoms with E-state index in [0.717, 1.165) is 6.42 Å². The minimum atomic E-state index is -1.11. The number of aliphatic hydroxyl groups is 1. The summed E-state index contributed by atoms with van der Waals surface area (Å²) in [5, 5.41) is 25.9. The molecule has 6 heteroatoms. The summed E-state index contributed by atoms with van der Waals surface area (Å²) < 4.78 is 0. The third-order valence-corrected chi connectivity index (χ3v) is 4.24. The summed E-state index contributed by atoms with van der Waals surface area (Å²) >= 11 is 0. The molecule has 126 valence electrons. The Bertz CT molecular complexity index is 434. The van der Waals surface area contributed by atoms with Crippen LogP contribution in [-0.4, -0.2) is 45.8 Å². The second-order valence-electron chi connectivity index (χ2n) is 6.29. The molecule has 1 rings (SSSR count). The van der Waals surface area contributed by atoms with Crippen molar-refractivity contribution >= 4 is 11.9 Å². The highest BCUT2D eigenvalue weighted by Crippen LogP contribution is 2.30. The molecule has 0 aromatic rings. The maximum Gasteiger partial charge on any atom is 0.320 e. The molecule has 0 bridgehead atoms. The van der Waals surface area contributed by atoms with Crippen LogP contribution >= 0.6 is 0 Å². The lowest BCUT2D eigenvalue weighted by Crippen LogP contribution is -2.61. The molecule has 1 aliphatic heterocycles. The van der Waals surface area contributed by atoms with Crippen molar-refractivity contribution in [3.8, 4) is 0 Å². The van der Waals surface area contributed by atoms with Crippen molar-refractivity contribution in [2.75, 3.05) is 0 Å². The van der Waals surface area contributed by atoms with Gasteiger partial charge in [-0.15, -0.1) is 0 Å². The minimum absolute atomic E-state index is 0.0497. The van der Waals surface area contributed by atoms with Gasteiger partial charge >= 0.3 is 5.97 Å². The summed E-state index contributed by atoms with van der Waals surface area (Å²) in [5.41, 5.74) is -1.11. The van der Waals surface area contributed by atoms with Crippen LogP contribution in [0.25, 0.3) is 0 Å². The van der Waals surface area contributed by atoms with E-state index in [1.807, 2.05) is 26.0 Å². The molecular weight excluding hydrogens is 284 g/mol. The molecule has 1 amide bonds. The van der Waals surface area contributed by atoms with Crippen LogP contribution in [0.4, 0.5) is 0 Å². The average molecular weight is 312 g/mol. The van der Waals surface area contributed by atoms with E-state index < -0.39 is 23.7 Å². The lowest BCUT2D eigenvalue weighted by Gasteiger charge is -2.39. The maximum absolute atomic E-state index is 11.6.